The highest BCUT2D eigenvalue weighted by Gasteiger charge is 2.19. The van der Waals surface area contributed by atoms with Gasteiger partial charge < -0.3 is 10.1 Å². The van der Waals surface area contributed by atoms with Crippen molar-refractivity contribution in [3.63, 3.8) is 0 Å². The van der Waals surface area contributed by atoms with Crippen molar-refractivity contribution in [2.75, 3.05) is 13.7 Å². The number of hydrogen-bond acceptors (Lipinski definition) is 5. The van der Waals surface area contributed by atoms with Gasteiger partial charge in [-0.15, -0.1) is 0 Å². The van der Waals surface area contributed by atoms with Crippen LogP contribution in [0.1, 0.15) is 23.7 Å². The number of ether oxygens (including phenoxy) is 1. The lowest BCUT2D eigenvalue weighted by molar-refractivity contribution is -0.385. The number of halogens is 1. The van der Waals surface area contributed by atoms with E-state index >= 15 is 0 Å². The van der Waals surface area contributed by atoms with Gasteiger partial charge in [0.25, 0.3) is 11.6 Å². The molecule has 1 aromatic rings. The number of nitrogens with one attached hydrogen (secondary N) is 1. The molecule has 0 aliphatic rings. The number of methoxy groups -OCH3 is 1. The van der Waals surface area contributed by atoms with Crippen LogP contribution in [0.15, 0.2) is 12.3 Å². The van der Waals surface area contributed by atoms with Crippen LogP contribution in [0, 0.1) is 10.1 Å². The fourth-order valence-corrected chi connectivity index (χ4v) is 1.61. The zero-order valence-corrected chi connectivity index (χ0v) is 11.3. The van der Waals surface area contributed by atoms with Gasteiger partial charge in [-0.1, -0.05) is 18.5 Å². The quantitative estimate of drug-likeness (QED) is 0.489. The molecule has 0 saturated heterocycles. The van der Waals surface area contributed by atoms with Crippen molar-refractivity contribution < 1.29 is 14.5 Å². The molecule has 1 aromatic heterocycles. The number of amides is 1. The first-order chi connectivity index (χ1) is 8.99. The minimum atomic E-state index is -0.632. The summed E-state index contributed by atoms with van der Waals surface area (Å²) in [6.07, 6.45) is 1.67. The second kappa shape index (κ2) is 7.01. The van der Waals surface area contributed by atoms with Gasteiger partial charge in [0.05, 0.1) is 23.1 Å². The lowest BCUT2D eigenvalue weighted by atomic mass is 10.2. The fraction of sp³-hybridized carbons (Fsp3) is 0.455. The molecule has 0 bridgehead atoms. The maximum Gasteiger partial charge on any atom is 0.288 e. The molecule has 0 spiro atoms. The SMILES string of the molecule is CCC(COC)NC(=O)c1cc([N+](=O)[O-])cnc1Cl. The molecule has 0 fully saturated rings. The Labute approximate surface area is 115 Å². The molecule has 0 aliphatic carbocycles. The molecule has 8 heteroatoms. The van der Waals surface area contributed by atoms with E-state index in [4.69, 9.17) is 16.3 Å². The van der Waals surface area contributed by atoms with E-state index in [0.717, 1.165) is 12.3 Å². The third kappa shape index (κ3) is 4.15. The van der Waals surface area contributed by atoms with Crippen molar-refractivity contribution in [3.8, 4) is 0 Å². The Balaban J connectivity index is 2.92. The van der Waals surface area contributed by atoms with Gasteiger partial charge in [-0.3, -0.25) is 14.9 Å². The molecule has 1 heterocycles. The van der Waals surface area contributed by atoms with Gasteiger partial charge in [-0.2, -0.15) is 0 Å². The van der Waals surface area contributed by atoms with Crippen LogP contribution in [0.3, 0.4) is 0 Å². The average Bonchev–Trinajstić information content (AvgIpc) is 2.38. The monoisotopic (exact) mass is 287 g/mol. The maximum atomic E-state index is 12.0. The summed E-state index contributed by atoms with van der Waals surface area (Å²) in [5.41, 5.74) is -0.306. The number of carbonyl (C=O) groups excluding carboxylic acids is 1. The lowest BCUT2D eigenvalue weighted by Gasteiger charge is -2.16. The Morgan fingerprint density at radius 3 is 2.89 bits per heavy atom. The van der Waals surface area contributed by atoms with Gasteiger partial charge in [0, 0.05) is 13.2 Å². The maximum absolute atomic E-state index is 12.0. The van der Waals surface area contributed by atoms with Crippen molar-refractivity contribution in [2.45, 2.75) is 19.4 Å². The second-order valence-corrected chi connectivity index (χ2v) is 4.18. The first-order valence-electron chi connectivity index (χ1n) is 5.59. The van der Waals surface area contributed by atoms with Crippen molar-refractivity contribution in [3.05, 3.63) is 33.1 Å². The molecule has 19 heavy (non-hydrogen) atoms. The second-order valence-electron chi connectivity index (χ2n) is 3.82. The first kappa shape index (κ1) is 15.3. The number of pyridine rings is 1. The minimum Gasteiger partial charge on any atom is -0.383 e. The number of rotatable bonds is 6. The van der Waals surface area contributed by atoms with Gasteiger partial charge in [0.1, 0.15) is 11.3 Å². The molecule has 1 N–H and O–H groups in total. The van der Waals surface area contributed by atoms with Crippen LogP contribution in [-0.4, -0.2) is 35.6 Å². The van der Waals surface area contributed by atoms with Gasteiger partial charge in [0.2, 0.25) is 0 Å². The Morgan fingerprint density at radius 2 is 2.37 bits per heavy atom. The zero-order chi connectivity index (χ0) is 14.4. The summed E-state index contributed by atoms with van der Waals surface area (Å²) in [7, 11) is 1.52. The normalized spacial score (nSPS) is 11.9. The molecular weight excluding hydrogens is 274 g/mol. The van der Waals surface area contributed by atoms with Gasteiger partial charge in [-0.25, -0.2) is 4.98 Å². The Morgan fingerprint density at radius 1 is 1.68 bits per heavy atom. The van der Waals surface area contributed by atoms with E-state index in [9.17, 15) is 14.9 Å². The van der Waals surface area contributed by atoms with Crippen molar-refractivity contribution in [2.24, 2.45) is 0 Å². The number of nitro groups is 1. The van der Waals surface area contributed by atoms with E-state index in [1.807, 2.05) is 6.92 Å². The number of nitrogens with zero attached hydrogens (tertiary/aromatic N) is 2. The topological polar surface area (TPSA) is 94.4 Å². The summed E-state index contributed by atoms with van der Waals surface area (Å²) < 4.78 is 4.95. The molecule has 1 unspecified atom stereocenters. The fourth-order valence-electron chi connectivity index (χ4n) is 1.42. The van der Waals surface area contributed by atoms with E-state index in [1.54, 1.807) is 0 Å². The average molecular weight is 288 g/mol. The van der Waals surface area contributed by atoms with Crippen LogP contribution in [0.5, 0.6) is 0 Å². The van der Waals surface area contributed by atoms with Crippen LogP contribution in [-0.2, 0) is 4.74 Å². The molecule has 1 atom stereocenters. The summed E-state index contributed by atoms with van der Waals surface area (Å²) in [5, 5.41) is 13.2. The van der Waals surface area contributed by atoms with Crippen LogP contribution < -0.4 is 5.32 Å². The van der Waals surface area contributed by atoms with E-state index in [-0.39, 0.29) is 22.4 Å². The van der Waals surface area contributed by atoms with Crippen LogP contribution in [0.4, 0.5) is 5.69 Å². The standard InChI is InChI=1S/C11H14ClN3O4/c1-3-7(6-19-2)14-11(16)9-4-8(15(17)18)5-13-10(9)12/h4-5,7H,3,6H2,1-2H3,(H,14,16). The Kier molecular flexibility index (Phi) is 5.65. The van der Waals surface area contributed by atoms with Crippen molar-refractivity contribution >= 4 is 23.2 Å². The lowest BCUT2D eigenvalue weighted by Crippen LogP contribution is -2.37. The third-order valence-corrected chi connectivity index (χ3v) is 2.78. The molecule has 0 aliphatic heterocycles. The summed E-state index contributed by atoms with van der Waals surface area (Å²) in [6, 6.07) is 0.914. The van der Waals surface area contributed by atoms with Gasteiger partial charge >= 0.3 is 0 Å². The van der Waals surface area contributed by atoms with Crippen molar-refractivity contribution in [1.29, 1.82) is 0 Å². The van der Waals surface area contributed by atoms with Gasteiger partial charge in [0.15, 0.2) is 0 Å². The van der Waals surface area contributed by atoms with Gasteiger partial charge in [-0.05, 0) is 6.42 Å². The molecule has 7 nitrogen and oxygen atoms in total. The van der Waals surface area contributed by atoms with E-state index in [0.29, 0.717) is 13.0 Å². The van der Waals surface area contributed by atoms with Crippen molar-refractivity contribution in [1.82, 2.24) is 10.3 Å². The highest BCUT2D eigenvalue weighted by molar-refractivity contribution is 6.32. The molecule has 0 saturated carbocycles. The number of hydrogen-bond donors (Lipinski definition) is 1. The molecule has 1 amide bonds. The third-order valence-electron chi connectivity index (χ3n) is 2.48. The largest absolute Gasteiger partial charge is 0.383 e. The first-order valence-corrected chi connectivity index (χ1v) is 5.97. The summed E-state index contributed by atoms with van der Waals surface area (Å²) in [5.74, 6) is -0.509. The predicted molar refractivity (Wildman–Crippen MR) is 69.3 cm³/mol. The zero-order valence-electron chi connectivity index (χ0n) is 10.6. The van der Waals surface area contributed by atoms with Crippen LogP contribution in [0.25, 0.3) is 0 Å². The van der Waals surface area contributed by atoms with Crippen LogP contribution >= 0.6 is 11.6 Å². The molecule has 104 valence electrons. The molecule has 0 radical (unpaired) electrons. The summed E-state index contributed by atoms with van der Waals surface area (Å²) in [4.78, 5) is 25.6. The molecular formula is C11H14ClN3O4. The Hall–Kier alpha value is -1.73. The number of carbonyl (C=O) groups is 1. The van der Waals surface area contributed by atoms with E-state index in [1.165, 1.54) is 7.11 Å². The molecule has 1 rings (SSSR count). The smallest absolute Gasteiger partial charge is 0.288 e. The number of aromatic nitrogens is 1. The Bertz CT molecular complexity index is 481. The highest BCUT2D eigenvalue weighted by atomic mass is 35.5. The van der Waals surface area contributed by atoms with Crippen LogP contribution in [0.2, 0.25) is 5.15 Å². The summed E-state index contributed by atoms with van der Waals surface area (Å²) >= 11 is 5.77. The summed E-state index contributed by atoms with van der Waals surface area (Å²) in [6.45, 7) is 2.24. The highest BCUT2D eigenvalue weighted by Crippen LogP contribution is 2.19. The van der Waals surface area contributed by atoms with E-state index < -0.39 is 10.8 Å². The van der Waals surface area contributed by atoms with E-state index in [2.05, 4.69) is 10.3 Å². The predicted octanol–water partition coefficient (Wildman–Crippen LogP) is 1.80. The molecule has 0 aromatic carbocycles. The minimum absolute atomic E-state index is 0.0228.